The molecule has 3 aromatic heterocycles. The second kappa shape index (κ2) is 5.79. The average molecular weight is 307 g/mol. The van der Waals surface area contributed by atoms with Crippen LogP contribution >= 0.6 is 0 Å². The Kier molecular flexibility index (Phi) is 3.49. The van der Waals surface area contributed by atoms with Crippen molar-refractivity contribution in [2.24, 2.45) is 0 Å². The maximum Gasteiger partial charge on any atom is 0.316 e. The van der Waals surface area contributed by atoms with Gasteiger partial charge in [0.1, 0.15) is 0 Å². The Morgan fingerprint density at radius 1 is 1.26 bits per heavy atom. The minimum Gasteiger partial charge on any atom is -0.464 e. The van der Waals surface area contributed by atoms with Gasteiger partial charge >= 0.3 is 6.01 Å². The van der Waals surface area contributed by atoms with Crippen molar-refractivity contribution in [1.82, 2.24) is 24.6 Å². The first-order valence-electron chi connectivity index (χ1n) is 7.85. The third-order valence-electron chi connectivity index (χ3n) is 3.91. The lowest BCUT2D eigenvalue weighted by atomic mass is 10.0. The van der Waals surface area contributed by atoms with Gasteiger partial charge in [0, 0.05) is 29.6 Å². The zero-order valence-corrected chi connectivity index (χ0v) is 12.9. The fourth-order valence-corrected chi connectivity index (χ4v) is 2.84. The average Bonchev–Trinajstić information content (AvgIpc) is 2.94. The van der Waals surface area contributed by atoms with E-state index in [1.54, 1.807) is 10.7 Å². The van der Waals surface area contributed by atoms with Crippen LogP contribution in [0, 0.1) is 0 Å². The van der Waals surface area contributed by atoms with Crippen LogP contribution in [0.15, 0.2) is 36.8 Å². The first kappa shape index (κ1) is 13.9. The molecule has 0 spiro atoms. The van der Waals surface area contributed by atoms with Gasteiger partial charge in [-0.25, -0.2) is 14.5 Å². The second-order valence-corrected chi connectivity index (χ2v) is 5.40. The highest BCUT2D eigenvalue weighted by atomic mass is 16.5. The minimum atomic E-state index is 0.451. The van der Waals surface area contributed by atoms with E-state index in [2.05, 4.69) is 21.1 Å². The summed E-state index contributed by atoms with van der Waals surface area (Å²) < 4.78 is 7.19. The van der Waals surface area contributed by atoms with E-state index in [-0.39, 0.29) is 0 Å². The summed E-state index contributed by atoms with van der Waals surface area (Å²) in [5.41, 5.74) is 4.92. The summed E-state index contributed by atoms with van der Waals surface area (Å²) in [7, 11) is 0. The van der Waals surface area contributed by atoms with E-state index in [1.807, 2.05) is 31.5 Å². The summed E-state index contributed by atoms with van der Waals surface area (Å²) in [4.78, 5) is 13.6. The number of hydrogen-bond donors (Lipinski definition) is 0. The Balaban J connectivity index is 1.81. The van der Waals surface area contributed by atoms with Gasteiger partial charge in [-0.3, -0.25) is 0 Å². The largest absolute Gasteiger partial charge is 0.464 e. The van der Waals surface area contributed by atoms with E-state index in [1.165, 1.54) is 0 Å². The van der Waals surface area contributed by atoms with Gasteiger partial charge in [0.25, 0.3) is 0 Å². The summed E-state index contributed by atoms with van der Waals surface area (Å²) in [6.45, 7) is 2.51. The summed E-state index contributed by atoms with van der Waals surface area (Å²) in [6.07, 6.45) is 10.7. The van der Waals surface area contributed by atoms with Crippen LogP contribution in [0.4, 0.5) is 0 Å². The van der Waals surface area contributed by atoms with Gasteiger partial charge in [0.15, 0.2) is 5.65 Å². The lowest BCUT2D eigenvalue weighted by molar-refractivity contribution is 0.311. The molecule has 1 aliphatic rings. The van der Waals surface area contributed by atoms with Gasteiger partial charge in [0.2, 0.25) is 0 Å². The maximum atomic E-state index is 5.43. The van der Waals surface area contributed by atoms with Gasteiger partial charge in [-0.15, -0.1) is 0 Å². The predicted molar refractivity (Wildman–Crippen MR) is 86.2 cm³/mol. The lowest BCUT2D eigenvalue weighted by Gasteiger charge is -2.11. The van der Waals surface area contributed by atoms with Gasteiger partial charge in [0.05, 0.1) is 24.2 Å². The Bertz CT molecular complexity index is 884. The van der Waals surface area contributed by atoms with Crippen LogP contribution in [0.2, 0.25) is 0 Å². The normalized spacial score (nSPS) is 14.2. The molecule has 6 heteroatoms. The highest BCUT2D eigenvalue weighted by Crippen LogP contribution is 2.29. The second-order valence-electron chi connectivity index (χ2n) is 5.40. The van der Waals surface area contributed by atoms with Crippen LogP contribution in [0.3, 0.4) is 0 Å². The molecule has 4 rings (SSSR count). The fraction of sp³-hybridized carbons (Fsp3) is 0.294. The molecule has 1 aliphatic carbocycles. The molecule has 0 aromatic carbocycles. The zero-order chi connectivity index (χ0) is 15.6. The smallest absolute Gasteiger partial charge is 0.316 e. The number of aryl methyl sites for hydroxylation is 1. The Morgan fingerprint density at radius 3 is 3.13 bits per heavy atom. The number of rotatable bonds is 3. The SMILES string of the molecule is CCOc1ncc2c(n1)CCCC=C2c1ccn2nccc2n1. The number of fused-ring (bicyclic) bond motifs is 2. The molecule has 0 bridgehead atoms. The van der Waals surface area contributed by atoms with Crippen LogP contribution in [0.1, 0.15) is 36.7 Å². The van der Waals surface area contributed by atoms with Crippen LogP contribution < -0.4 is 4.74 Å². The molecule has 6 nitrogen and oxygen atoms in total. The molecule has 0 fully saturated rings. The predicted octanol–water partition coefficient (Wildman–Crippen LogP) is 2.69. The molecular formula is C17H17N5O. The molecule has 0 saturated heterocycles. The van der Waals surface area contributed by atoms with Crippen LogP contribution in [0.25, 0.3) is 11.2 Å². The van der Waals surface area contributed by atoms with E-state index in [0.717, 1.165) is 47.4 Å². The van der Waals surface area contributed by atoms with E-state index < -0.39 is 0 Å². The van der Waals surface area contributed by atoms with Gasteiger partial charge in [-0.2, -0.15) is 10.1 Å². The quantitative estimate of drug-likeness (QED) is 0.744. The Morgan fingerprint density at radius 2 is 2.22 bits per heavy atom. The molecule has 0 atom stereocenters. The molecule has 0 aliphatic heterocycles. The summed E-state index contributed by atoms with van der Waals surface area (Å²) in [5.74, 6) is 0. The summed E-state index contributed by atoms with van der Waals surface area (Å²) in [5, 5.41) is 4.19. The third kappa shape index (κ3) is 2.56. The standard InChI is InChI=1S/C17H17N5O/c1-2-23-17-18-11-13-12(5-3-4-6-14(13)21-17)15-8-10-22-16(20-15)7-9-19-22/h5,7-11H,2-4,6H2,1H3. The molecule has 3 heterocycles. The van der Waals surface area contributed by atoms with Crippen molar-refractivity contribution in [2.45, 2.75) is 26.2 Å². The van der Waals surface area contributed by atoms with Crippen molar-refractivity contribution in [3.05, 3.63) is 53.8 Å². The van der Waals surface area contributed by atoms with Gasteiger partial charge in [-0.1, -0.05) is 6.08 Å². The molecule has 0 saturated carbocycles. The summed E-state index contributed by atoms with van der Waals surface area (Å²) in [6, 6.07) is 4.33. The number of hydrogen-bond acceptors (Lipinski definition) is 5. The molecule has 0 amide bonds. The summed E-state index contributed by atoms with van der Waals surface area (Å²) >= 11 is 0. The molecule has 23 heavy (non-hydrogen) atoms. The topological polar surface area (TPSA) is 65.2 Å². The lowest BCUT2D eigenvalue weighted by Crippen LogP contribution is -2.04. The van der Waals surface area contributed by atoms with Crippen molar-refractivity contribution in [2.75, 3.05) is 6.61 Å². The molecule has 116 valence electrons. The fourth-order valence-electron chi connectivity index (χ4n) is 2.84. The van der Waals surface area contributed by atoms with E-state index in [0.29, 0.717) is 12.6 Å². The highest BCUT2D eigenvalue weighted by molar-refractivity contribution is 5.79. The number of allylic oxidation sites excluding steroid dienone is 1. The third-order valence-corrected chi connectivity index (χ3v) is 3.91. The van der Waals surface area contributed by atoms with Crippen LogP contribution in [0.5, 0.6) is 6.01 Å². The van der Waals surface area contributed by atoms with Crippen molar-refractivity contribution in [3.63, 3.8) is 0 Å². The Hall–Kier alpha value is -2.76. The molecule has 0 radical (unpaired) electrons. The van der Waals surface area contributed by atoms with Gasteiger partial charge < -0.3 is 4.74 Å². The van der Waals surface area contributed by atoms with Crippen LogP contribution in [-0.4, -0.2) is 31.2 Å². The van der Waals surface area contributed by atoms with Crippen molar-refractivity contribution in [1.29, 1.82) is 0 Å². The zero-order valence-electron chi connectivity index (χ0n) is 12.9. The van der Waals surface area contributed by atoms with Crippen molar-refractivity contribution >= 4 is 11.2 Å². The van der Waals surface area contributed by atoms with Crippen LogP contribution in [-0.2, 0) is 6.42 Å². The maximum absolute atomic E-state index is 5.43. The Labute approximate surface area is 133 Å². The number of aromatic nitrogens is 5. The van der Waals surface area contributed by atoms with E-state index in [9.17, 15) is 0 Å². The minimum absolute atomic E-state index is 0.451. The monoisotopic (exact) mass is 307 g/mol. The van der Waals surface area contributed by atoms with Gasteiger partial charge in [-0.05, 0) is 32.3 Å². The van der Waals surface area contributed by atoms with E-state index >= 15 is 0 Å². The molecule has 0 unspecified atom stereocenters. The number of ether oxygens (including phenoxy) is 1. The molecule has 3 aromatic rings. The van der Waals surface area contributed by atoms with E-state index in [4.69, 9.17) is 9.72 Å². The first-order valence-corrected chi connectivity index (χ1v) is 7.85. The van der Waals surface area contributed by atoms with Crippen molar-refractivity contribution in [3.8, 4) is 6.01 Å². The van der Waals surface area contributed by atoms with Crippen molar-refractivity contribution < 1.29 is 4.74 Å². The molecule has 0 N–H and O–H groups in total. The first-order chi connectivity index (χ1) is 11.3. The highest BCUT2D eigenvalue weighted by Gasteiger charge is 2.17. The number of nitrogens with zero attached hydrogens (tertiary/aromatic N) is 5. The molecular weight excluding hydrogens is 290 g/mol.